The number of sulfonamides is 1. The molecule has 0 bridgehead atoms. The first-order valence-corrected chi connectivity index (χ1v) is 8.16. The molecule has 22 heavy (non-hydrogen) atoms. The minimum absolute atomic E-state index is 0.390. The largest absolute Gasteiger partial charge is 0.500 e. The van der Waals surface area contributed by atoms with Crippen LogP contribution in [0.4, 0.5) is 10.5 Å². The first-order valence-electron chi connectivity index (χ1n) is 6.61. The van der Waals surface area contributed by atoms with Crippen molar-refractivity contribution in [2.75, 3.05) is 18.8 Å². The summed E-state index contributed by atoms with van der Waals surface area (Å²) in [6.45, 7) is 3.70. The maximum absolute atomic E-state index is 12.5. The Bertz CT molecular complexity index is 763. The molecule has 0 spiro atoms. The highest BCUT2D eigenvalue weighted by molar-refractivity contribution is 7.94. The fraction of sp³-hybridized carbons (Fsp3) is 0.357. The van der Waals surface area contributed by atoms with E-state index in [0.29, 0.717) is 5.69 Å². The molecule has 1 aromatic carbocycles. The van der Waals surface area contributed by atoms with Crippen LogP contribution in [0.15, 0.2) is 18.2 Å². The highest BCUT2D eigenvalue weighted by atomic mass is 32.2. The molecule has 3 amide bonds. The van der Waals surface area contributed by atoms with Crippen molar-refractivity contribution in [3.8, 4) is 0 Å². The molecule has 1 aromatic rings. The number of rotatable bonds is 3. The minimum atomic E-state index is -4.00. The van der Waals surface area contributed by atoms with Gasteiger partial charge in [-0.3, -0.25) is 4.72 Å². The molecule has 0 saturated carbocycles. The number of nitrogens with zero attached hydrogens (tertiary/aromatic N) is 2. The molecule has 2 rings (SSSR count). The van der Waals surface area contributed by atoms with E-state index in [9.17, 15) is 18.0 Å². The lowest BCUT2D eigenvalue weighted by molar-refractivity contribution is -0.399. The predicted molar refractivity (Wildman–Crippen MR) is 82.7 cm³/mol. The summed E-state index contributed by atoms with van der Waals surface area (Å²) < 4.78 is 28.4. The number of nitrogens with one attached hydrogen (secondary N) is 1. The van der Waals surface area contributed by atoms with Crippen molar-refractivity contribution < 1.29 is 22.6 Å². The van der Waals surface area contributed by atoms with Gasteiger partial charge >= 0.3 is 11.9 Å². The number of amides is 3. The number of carbonyl (C=O) groups excluding carboxylic acids is 2. The van der Waals surface area contributed by atoms with E-state index in [1.165, 1.54) is 14.1 Å². The Hall–Kier alpha value is -2.22. The highest BCUT2D eigenvalue weighted by Gasteiger charge is 2.46. The van der Waals surface area contributed by atoms with Crippen LogP contribution in [0.25, 0.3) is 0 Å². The Morgan fingerprint density at radius 3 is 2.23 bits per heavy atom. The van der Waals surface area contributed by atoms with Gasteiger partial charge in [0.2, 0.25) is 5.25 Å². The van der Waals surface area contributed by atoms with Gasteiger partial charge in [-0.05, 0) is 37.1 Å². The molecule has 0 saturated heterocycles. The minimum Gasteiger partial charge on any atom is -0.282 e. The Balaban J connectivity index is 2.38. The normalized spacial score (nSPS) is 19.2. The molecular weight excluding hydrogens is 306 g/mol. The Labute approximate surface area is 129 Å². The zero-order chi connectivity index (χ0) is 16.7. The zero-order valence-corrected chi connectivity index (χ0v) is 13.6. The van der Waals surface area contributed by atoms with Crippen LogP contribution in [0.2, 0.25) is 0 Å². The number of carbonyl (C=O) groups is 2. The average molecular weight is 324 g/mol. The third-order valence-electron chi connectivity index (χ3n) is 3.34. The molecular formula is C14H18N3O4S+. The highest BCUT2D eigenvalue weighted by Crippen LogP contribution is 2.18. The van der Waals surface area contributed by atoms with Crippen LogP contribution < -0.4 is 4.72 Å². The van der Waals surface area contributed by atoms with Gasteiger partial charge in [0.1, 0.15) is 6.21 Å². The van der Waals surface area contributed by atoms with Gasteiger partial charge in [-0.25, -0.2) is 17.8 Å². The zero-order valence-electron chi connectivity index (χ0n) is 12.8. The second-order valence-electron chi connectivity index (χ2n) is 5.38. The van der Waals surface area contributed by atoms with Crippen LogP contribution >= 0.6 is 0 Å². The number of urea groups is 1. The van der Waals surface area contributed by atoms with Crippen LogP contribution in [0, 0.1) is 13.8 Å². The van der Waals surface area contributed by atoms with E-state index < -0.39 is 27.2 Å². The predicted octanol–water partition coefficient (Wildman–Crippen LogP) is 0.719. The lowest BCUT2D eigenvalue weighted by Crippen LogP contribution is -2.54. The summed E-state index contributed by atoms with van der Waals surface area (Å²) >= 11 is 0. The molecule has 0 radical (unpaired) electrons. The molecule has 0 aromatic heterocycles. The lowest BCUT2D eigenvalue weighted by Gasteiger charge is -2.20. The van der Waals surface area contributed by atoms with Crippen LogP contribution in [0.3, 0.4) is 0 Å². The van der Waals surface area contributed by atoms with Crippen molar-refractivity contribution in [3.05, 3.63) is 29.3 Å². The second-order valence-corrected chi connectivity index (χ2v) is 7.19. The van der Waals surface area contributed by atoms with E-state index >= 15 is 0 Å². The fourth-order valence-electron chi connectivity index (χ4n) is 2.33. The Kier molecular flexibility index (Phi) is 4.06. The monoisotopic (exact) mass is 324 g/mol. The van der Waals surface area contributed by atoms with Crippen LogP contribution in [0.1, 0.15) is 11.1 Å². The van der Waals surface area contributed by atoms with E-state index in [1.54, 1.807) is 12.1 Å². The maximum atomic E-state index is 12.5. The van der Waals surface area contributed by atoms with Crippen molar-refractivity contribution in [2.24, 2.45) is 0 Å². The van der Waals surface area contributed by atoms with E-state index in [2.05, 4.69) is 4.72 Å². The van der Waals surface area contributed by atoms with Crippen molar-refractivity contribution in [3.63, 3.8) is 0 Å². The summed E-state index contributed by atoms with van der Waals surface area (Å²) in [5.41, 5.74) is 2.20. The van der Waals surface area contributed by atoms with Gasteiger partial charge in [0.05, 0.1) is 14.1 Å². The van der Waals surface area contributed by atoms with Gasteiger partial charge in [-0.1, -0.05) is 6.07 Å². The summed E-state index contributed by atoms with van der Waals surface area (Å²) in [5.74, 6) is -0.778. The summed E-state index contributed by atoms with van der Waals surface area (Å²) in [7, 11) is -1.33. The quantitative estimate of drug-likeness (QED) is 0.830. The maximum Gasteiger partial charge on any atom is 0.500 e. The van der Waals surface area contributed by atoms with Gasteiger partial charge in [0.25, 0.3) is 10.0 Å². The van der Waals surface area contributed by atoms with E-state index in [4.69, 9.17) is 0 Å². The van der Waals surface area contributed by atoms with E-state index in [0.717, 1.165) is 26.8 Å². The molecule has 0 fully saturated rings. The number of aryl methyl sites for hydroxylation is 2. The summed E-state index contributed by atoms with van der Waals surface area (Å²) in [6.07, 6.45) is 1.11. The molecule has 1 aliphatic heterocycles. The van der Waals surface area contributed by atoms with Crippen molar-refractivity contribution in [1.29, 1.82) is 0 Å². The molecule has 1 aliphatic rings. The van der Waals surface area contributed by atoms with Crippen LogP contribution in [-0.4, -0.2) is 55.4 Å². The molecule has 8 heteroatoms. The van der Waals surface area contributed by atoms with Gasteiger partial charge in [0.15, 0.2) is 0 Å². The molecule has 1 atom stereocenters. The SMILES string of the molecule is Cc1cc(C)cc(NS(=O)(=O)C2C=[N+](C)C(=O)N(C)C2=O)c1. The van der Waals surface area contributed by atoms with Crippen molar-refractivity contribution in [2.45, 2.75) is 19.1 Å². The third-order valence-corrected chi connectivity index (χ3v) is 4.85. The first kappa shape index (κ1) is 16.2. The van der Waals surface area contributed by atoms with Crippen molar-refractivity contribution >= 4 is 33.9 Å². The fourth-order valence-corrected chi connectivity index (χ4v) is 3.67. The first-order chi connectivity index (χ1) is 10.1. The Morgan fingerprint density at radius 2 is 1.68 bits per heavy atom. The van der Waals surface area contributed by atoms with Crippen LogP contribution in [-0.2, 0) is 14.8 Å². The summed E-state index contributed by atoms with van der Waals surface area (Å²) in [6, 6.07) is 4.70. The third kappa shape index (κ3) is 3.01. The van der Waals surface area contributed by atoms with Gasteiger partial charge in [-0.15, -0.1) is 0 Å². The molecule has 1 unspecified atom stereocenters. The number of imide groups is 1. The standard InChI is InChI=1S/C14H18N3O4S/c1-9-5-10(2)7-11(6-9)15-22(20,21)12-8-16(3)14(19)17(4)13(12)18/h5-8,12,15H,1-4H3/q+1. The average Bonchev–Trinajstić information content (AvgIpc) is 2.38. The smallest absolute Gasteiger partial charge is 0.282 e. The van der Waals surface area contributed by atoms with Gasteiger partial charge in [0, 0.05) is 5.69 Å². The lowest BCUT2D eigenvalue weighted by atomic mass is 10.1. The Morgan fingerprint density at radius 1 is 1.14 bits per heavy atom. The van der Waals surface area contributed by atoms with E-state index in [1.807, 2.05) is 19.9 Å². The second kappa shape index (κ2) is 5.53. The van der Waals surface area contributed by atoms with Gasteiger partial charge in [-0.2, -0.15) is 9.69 Å². The van der Waals surface area contributed by atoms with Gasteiger partial charge < -0.3 is 0 Å². The summed E-state index contributed by atoms with van der Waals surface area (Å²) in [5, 5.41) is -1.44. The molecule has 1 N–H and O–H groups in total. The van der Waals surface area contributed by atoms with Crippen molar-refractivity contribution in [1.82, 2.24) is 4.90 Å². The molecule has 7 nitrogen and oxygen atoms in total. The molecule has 1 heterocycles. The number of hydrogen-bond donors (Lipinski definition) is 1. The number of anilines is 1. The summed E-state index contributed by atoms with van der Waals surface area (Å²) in [4.78, 5) is 24.5. The number of hydrogen-bond acceptors (Lipinski definition) is 4. The molecule has 118 valence electrons. The molecule has 0 aliphatic carbocycles. The van der Waals surface area contributed by atoms with Crippen LogP contribution in [0.5, 0.6) is 0 Å². The topological polar surface area (TPSA) is 86.6 Å². The number of benzene rings is 1. The van der Waals surface area contributed by atoms with E-state index in [-0.39, 0.29) is 0 Å².